The summed E-state index contributed by atoms with van der Waals surface area (Å²) in [4.78, 5) is 17.6. The summed E-state index contributed by atoms with van der Waals surface area (Å²) in [6.45, 7) is 0.553. The van der Waals surface area contributed by atoms with Crippen LogP contribution in [0.4, 0.5) is 5.13 Å². The van der Waals surface area contributed by atoms with E-state index in [1.165, 1.54) is 15.6 Å². The summed E-state index contributed by atoms with van der Waals surface area (Å²) >= 11 is 1.33. The number of methoxy groups -OCH3 is 2. The van der Waals surface area contributed by atoms with Crippen molar-refractivity contribution in [2.45, 2.75) is 17.7 Å². The lowest BCUT2D eigenvalue weighted by molar-refractivity contribution is -0.120. The fraction of sp³-hybridized carbons (Fsp3) is 0.333. The highest BCUT2D eigenvalue weighted by Crippen LogP contribution is 2.36. The molecule has 1 aliphatic heterocycles. The molecule has 0 bridgehead atoms. The van der Waals surface area contributed by atoms with E-state index in [1.54, 1.807) is 50.6 Å². The SMILES string of the molecule is COc1cc2nc(NC(=O)C3CCCN(S(=O)(=O)c4ccccc4)C3)sc2cc1OC. The number of piperidine rings is 1. The third kappa shape index (κ3) is 4.36. The highest BCUT2D eigenvalue weighted by Gasteiger charge is 2.33. The smallest absolute Gasteiger partial charge is 0.243 e. The van der Waals surface area contributed by atoms with E-state index in [4.69, 9.17) is 9.47 Å². The molecule has 2 aromatic carbocycles. The minimum Gasteiger partial charge on any atom is -0.493 e. The second kappa shape index (κ2) is 8.81. The van der Waals surface area contributed by atoms with Gasteiger partial charge in [-0.05, 0) is 25.0 Å². The van der Waals surface area contributed by atoms with E-state index < -0.39 is 15.9 Å². The minimum absolute atomic E-state index is 0.148. The van der Waals surface area contributed by atoms with Crippen molar-refractivity contribution >= 4 is 42.6 Å². The van der Waals surface area contributed by atoms with Gasteiger partial charge in [0.1, 0.15) is 0 Å². The lowest BCUT2D eigenvalue weighted by atomic mass is 9.99. The van der Waals surface area contributed by atoms with Gasteiger partial charge in [0.05, 0.1) is 35.2 Å². The first-order valence-electron chi connectivity index (χ1n) is 9.81. The Morgan fingerprint density at radius 1 is 1.16 bits per heavy atom. The third-order valence-corrected chi connectivity index (χ3v) is 8.07. The Balaban J connectivity index is 1.49. The average Bonchev–Trinajstić information content (AvgIpc) is 3.19. The van der Waals surface area contributed by atoms with Crippen molar-refractivity contribution in [1.82, 2.24) is 9.29 Å². The first kappa shape index (κ1) is 21.5. The van der Waals surface area contributed by atoms with Crippen LogP contribution in [0, 0.1) is 5.92 Å². The molecule has 2 heterocycles. The Morgan fingerprint density at radius 3 is 2.58 bits per heavy atom. The largest absolute Gasteiger partial charge is 0.493 e. The van der Waals surface area contributed by atoms with E-state index >= 15 is 0 Å². The van der Waals surface area contributed by atoms with E-state index in [0.29, 0.717) is 41.5 Å². The van der Waals surface area contributed by atoms with Gasteiger partial charge in [0.25, 0.3) is 0 Å². The number of hydrogen-bond acceptors (Lipinski definition) is 7. The number of aromatic nitrogens is 1. The number of anilines is 1. The number of benzene rings is 2. The average molecular weight is 462 g/mol. The Morgan fingerprint density at radius 2 is 1.87 bits per heavy atom. The maximum absolute atomic E-state index is 12.9. The van der Waals surface area contributed by atoms with Crippen LogP contribution in [-0.4, -0.2) is 50.9 Å². The van der Waals surface area contributed by atoms with Gasteiger partial charge in [-0.1, -0.05) is 29.5 Å². The van der Waals surface area contributed by atoms with Gasteiger partial charge >= 0.3 is 0 Å². The molecule has 31 heavy (non-hydrogen) atoms. The van der Waals surface area contributed by atoms with E-state index in [2.05, 4.69) is 10.3 Å². The number of thiazole rings is 1. The van der Waals surface area contributed by atoms with Crippen LogP contribution < -0.4 is 14.8 Å². The second-order valence-corrected chi connectivity index (χ2v) is 10.2. The number of amides is 1. The number of hydrogen-bond donors (Lipinski definition) is 1. The van der Waals surface area contributed by atoms with Crippen LogP contribution in [0.15, 0.2) is 47.4 Å². The molecule has 4 rings (SSSR count). The zero-order chi connectivity index (χ0) is 22.0. The Kier molecular flexibility index (Phi) is 6.12. The minimum atomic E-state index is -3.62. The zero-order valence-corrected chi connectivity index (χ0v) is 18.8. The maximum atomic E-state index is 12.9. The Bertz CT molecular complexity index is 1150. The Labute approximate surface area is 184 Å². The lowest BCUT2D eigenvalue weighted by Crippen LogP contribution is -2.43. The molecular formula is C21H23N3O5S2. The summed E-state index contributed by atoms with van der Waals surface area (Å²) in [5.41, 5.74) is 0.690. The number of rotatable bonds is 6. The molecule has 1 saturated heterocycles. The number of carbonyl (C=O) groups is 1. The third-order valence-electron chi connectivity index (χ3n) is 5.26. The van der Waals surface area contributed by atoms with E-state index in [9.17, 15) is 13.2 Å². The van der Waals surface area contributed by atoms with Crippen molar-refractivity contribution in [3.05, 3.63) is 42.5 Å². The second-order valence-electron chi connectivity index (χ2n) is 7.20. The van der Waals surface area contributed by atoms with Gasteiger partial charge in [0.2, 0.25) is 15.9 Å². The van der Waals surface area contributed by atoms with Crippen LogP contribution in [0.2, 0.25) is 0 Å². The summed E-state index contributed by atoms with van der Waals surface area (Å²) in [7, 11) is -0.511. The van der Waals surface area contributed by atoms with Crippen molar-refractivity contribution in [1.29, 1.82) is 0 Å². The summed E-state index contributed by atoms with van der Waals surface area (Å²) in [5, 5.41) is 3.31. The first-order valence-corrected chi connectivity index (χ1v) is 12.1. The normalized spacial score (nSPS) is 17.4. The molecule has 3 aromatic rings. The number of ether oxygens (including phenoxy) is 2. The van der Waals surface area contributed by atoms with Crippen molar-refractivity contribution in [3.63, 3.8) is 0 Å². The highest BCUT2D eigenvalue weighted by molar-refractivity contribution is 7.89. The molecular weight excluding hydrogens is 438 g/mol. The summed E-state index contributed by atoms with van der Waals surface area (Å²) in [6, 6.07) is 11.9. The molecule has 10 heteroatoms. The summed E-state index contributed by atoms with van der Waals surface area (Å²) in [6.07, 6.45) is 1.25. The van der Waals surface area contributed by atoms with Crippen LogP contribution in [0.1, 0.15) is 12.8 Å². The van der Waals surface area contributed by atoms with Crippen LogP contribution in [0.25, 0.3) is 10.2 Å². The van der Waals surface area contributed by atoms with Crippen molar-refractivity contribution in [2.75, 3.05) is 32.6 Å². The van der Waals surface area contributed by atoms with Gasteiger partial charge < -0.3 is 14.8 Å². The first-order chi connectivity index (χ1) is 14.9. The molecule has 1 unspecified atom stereocenters. The van der Waals surface area contributed by atoms with Gasteiger partial charge in [-0.3, -0.25) is 4.79 Å². The molecule has 0 aliphatic carbocycles. The van der Waals surface area contributed by atoms with E-state index in [-0.39, 0.29) is 17.3 Å². The van der Waals surface area contributed by atoms with Gasteiger partial charge in [0, 0.05) is 25.2 Å². The number of sulfonamides is 1. The van der Waals surface area contributed by atoms with Crippen molar-refractivity contribution < 1.29 is 22.7 Å². The predicted octanol–water partition coefficient (Wildman–Crippen LogP) is 3.35. The zero-order valence-electron chi connectivity index (χ0n) is 17.2. The van der Waals surface area contributed by atoms with Gasteiger partial charge in [0.15, 0.2) is 16.6 Å². The quantitative estimate of drug-likeness (QED) is 0.605. The van der Waals surface area contributed by atoms with Crippen molar-refractivity contribution in [2.24, 2.45) is 5.92 Å². The van der Waals surface area contributed by atoms with Gasteiger partial charge in [-0.2, -0.15) is 4.31 Å². The summed E-state index contributed by atoms with van der Waals surface area (Å²) < 4.78 is 38.7. The molecule has 1 amide bonds. The van der Waals surface area contributed by atoms with E-state index in [1.807, 2.05) is 6.07 Å². The maximum Gasteiger partial charge on any atom is 0.243 e. The fourth-order valence-electron chi connectivity index (χ4n) is 3.63. The van der Waals surface area contributed by atoms with Gasteiger partial charge in [-0.15, -0.1) is 0 Å². The number of fused-ring (bicyclic) bond motifs is 1. The molecule has 0 saturated carbocycles. The summed E-state index contributed by atoms with van der Waals surface area (Å²) in [5.74, 6) is 0.479. The molecule has 164 valence electrons. The highest BCUT2D eigenvalue weighted by atomic mass is 32.2. The van der Waals surface area contributed by atoms with Crippen LogP contribution >= 0.6 is 11.3 Å². The molecule has 1 fully saturated rings. The van der Waals surface area contributed by atoms with Crippen LogP contribution in [0.3, 0.4) is 0 Å². The number of carbonyl (C=O) groups excluding carboxylic acids is 1. The number of nitrogens with zero attached hydrogens (tertiary/aromatic N) is 2. The topological polar surface area (TPSA) is 97.8 Å². The van der Waals surface area contributed by atoms with Crippen LogP contribution in [-0.2, 0) is 14.8 Å². The molecule has 1 atom stereocenters. The Hall–Kier alpha value is -2.69. The lowest BCUT2D eigenvalue weighted by Gasteiger charge is -2.31. The molecule has 0 spiro atoms. The van der Waals surface area contributed by atoms with E-state index in [0.717, 1.165) is 4.70 Å². The molecule has 1 aliphatic rings. The van der Waals surface area contributed by atoms with Crippen LogP contribution in [0.5, 0.6) is 11.5 Å². The molecule has 8 nitrogen and oxygen atoms in total. The molecule has 1 aromatic heterocycles. The monoisotopic (exact) mass is 461 g/mol. The van der Waals surface area contributed by atoms with Crippen molar-refractivity contribution in [3.8, 4) is 11.5 Å². The molecule has 0 radical (unpaired) electrons. The predicted molar refractivity (Wildman–Crippen MR) is 119 cm³/mol. The standard InChI is InChI=1S/C21H23N3O5S2/c1-28-17-11-16-19(12-18(17)29-2)30-21(22-16)23-20(25)14-7-6-10-24(13-14)31(26,27)15-8-4-3-5-9-15/h3-5,8-9,11-12,14H,6-7,10,13H2,1-2H3,(H,22,23,25). The number of nitrogens with one attached hydrogen (secondary N) is 1. The fourth-order valence-corrected chi connectivity index (χ4v) is 6.06. The molecule has 1 N–H and O–H groups in total. The van der Waals surface area contributed by atoms with Gasteiger partial charge in [-0.25, -0.2) is 13.4 Å².